The van der Waals surface area contributed by atoms with Gasteiger partial charge in [-0.15, -0.1) is 0 Å². The van der Waals surface area contributed by atoms with Gasteiger partial charge in [0.25, 0.3) is 0 Å². The summed E-state index contributed by atoms with van der Waals surface area (Å²) >= 11 is 6.52. The van der Waals surface area contributed by atoms with E-state index in [4.69, 9.17) is 21.4 Å². The molecule has 8 heteroatoms. The molecular formula is C23H26ClNO6. The second-order valence-electron chi connectivity index (χ2n) is 7.88. The van der Waals surface area contributed by atoms with Gasteiger partial charge in [0.15, 0.2) is 6.23 Å². The molecule has 0 spiro atoms. The highest BCUT2D eigenvalue weighted by Crippen LogP contribution is 2.36. The molecule has 0 bridgehead atoms. The zero-order valence-electron chi connectivity index (χ0n) is 16.8. The predicted molar refractivity (Wildman–Crippen MR) is 116 cm³/mol. The number of rotatable bonds is 6. The highest BCUT2D eigenvalue weighted by molar-refractivity contribution is 6.35. The zero-order chi connectivity index (χ0) is 22.1. The van der Waals surface area contributed by atoms with Gasteiger partial charge in [0.1, 0.15) is 24.4 Å². The van der Waals surface area contributed by atoms with Crippen LogP contribution >= 0.6 is 11.6 Å². The summed E-state index contributed by atoms with van der Waals surface area (Å²) in [5.41, 5.74) is 3.72. The Hall–Kier alpha value is -1.97. The maximum absolute atomic E-state index is 10.6. The molecule has 7 nitrogen and oxygen atoms in total. The summed E-state index contributed by atoms with van der Waals surface area (Å²) in [6.45, 7) is -0.393. The minimum absolute atomic E-state index is 0.0988. The second-order valence-corrected chi connectivity index (χ2v) is 8.29. The fourth-order valence-corrected chi connectivity index (χ4v) is 4.47. The van der Waals surface area contributed by atoms with E-state index in [9.17, 15) is 20.4 Å². The number of hydrogen-bond acceptors (Lipinski definition) is 6. The number of aromatic nitrogens is 1. The van der Waals surface area contributed by atoms with Crippen molar-refractivity contribution in [3.05, 3.63) is 70.4 Å². The van der Waals surface area contributed by atoms with Gasteiger partial charge in [-0.3, -0.25) is 0 Å². The Bertz CT molecular complexity index is 1030. The quantitative estimate of drug-likeness (QED) is 0.390. The lowest BCUT2D eigenvalue weighted by Crippen LogP contribution is -2.56. The largest absolute Gasteiger partial charge is 0.396 e. The standard InChI is InChI=1S/C23H26ClNO6/c24-16-2-1-3-17-19(16)15(10-14-6-4-13(5-7-14)8-9-26)11-25(17)23-22(30)21(29)20(28)18(12-27)31-23/h1-7,11,18,20-23,26-30H,8-10,12H2/t18-,20-,21+,22-,23-/m1/s1. The first-order chi connectivity index (χ1) is 14.9. The summed E-state index contributed by atoms with van der Waals surface area (Å²) in [7, 11) is 0. The van der Waals surface area contributed by atoms with Crippen molar-refractivity contribution in [3.63, 3.8) is 0 Å². The van der Waals surface area contributed by atoms with E-state index in [0.29, 0.717) is 23.4 Å². The van der Waals surface area contributed by atoms with Gasteiger partial charge in [-0.25, -0.2) is 0 Å². The third kappa shape index (κ3) is 4.23. The van der Waals surface area contributed by atoms with Gasteiger partial charge in [-0.2, -0.15) is 0 Å². The highest BCUT2D eigenvalue weighted by atomic mass is 35.5. The molecule has 1 fully saturated rings. The van der Waals surface area contributed by atoms with Crippen molar-refractivity contribution in [2.24, 2.45) is 0 Å². The number of benzene rings is 2. The molecule has 5 atom stereocenters. The van der Waals surface area contributed by atoms with Crippen LogP contribution in [0.25, 0.3) is 10.9 Å². The van der Waals surface area contributed by atoms with Crippen LogP contribution in [-0.4, -0.2) is 67.7 Å². The summed E-state index contributed by atoms with van der Waals surface area (Å²) in [6, 6.07) is 13.4. The predicted octanol–water partition coefficient (Wildman–Crippen LogP) is 1.39. The Morgan fingerprint density at radius 1 is 0.903 bits per heavy atom. The minimum atomic E-state index is -1.46. The number of fused-ring (bicyclic) bond motifs is 1. The molecule has 0 aliphatic carbocycles. The zero-order valence-corrected chi connectivity index (χ0v) is 17.6. The first-order valence-corrected chi connectivity index (χ1v) is 10.6. The Kier molecular flexibility index (Phi) is 6.64. The van der Waals surface area contributed by atoms with Gasteiger partial charge in [0.05, 0.1) is 17.1 Å². The lowest BCUT2D eigenvalue weighted by Gasteiger charge is -2.40. The monoisotopic (exact) mass is 447 g/mol. The molecule has 166 valence electrons. The van der Waals surface area contributed by atoms with Crippen LogP contribution in [-0.2, 0) is 17.6 Å². The van der Waals surface area contributed by atoms with Crippen LogP contribution in [0.1, 0.15) is 22.9 Å². The van der Waals surface area contributed by atoms with Crippen molar-refractivity contribution in [1.82, 2.24) is 4.57 Å². The molecule has 1 aliphatic heterocycles. The van der Waals surface area contributed by atoms with Crippen molar-refractivity contribution < 1.29 is 30.3 Å². The average molecular weight is 448 g/mol. The summed E-state index contributed by atoms with van der Waals surface area (Å²) in [5.74, 6) is 0. The molecule has 2 aromatic carbocycles. The fraction of sp³-hybridized carbons (Fsp3) is 0.391. The van der Waals surface area contributed by atoms with Crippen molar-refractivity contribution in [3.8, 4) is 0 Å². The van der Waals surface area contributed by atoms with Crippen molar-refractivity contribution in [1.29, 1.82) is 0 Å². The smallest absolute Gasteiger partial charge is 0.163 e. The van der Waals surface area contributed by atoms with Crippen LogP contribution in [0, 0.1) is 0 Å². The van der Waals surface area contributed by atoms with E-state index >= 15 is 0 Å². The van der Waals surface area contributed by atoms with Crippen LogP contribution in [0.5, 0.6) is 0 Å². The normalized spacial score (nSPS) is 26.5. The third-order valence-electron chi connectivity index (χ3n) is 5.85. The Labute approximate surface area is 184 Å². The molecule has 1 aliphatic rings. The van der Waals surface area contributed by atoms with Gasteiger partial charge in [-0.1, -0.05) is 41.9 Å². The van der Waals surface area contributed by atoms with Gasteiger partial charge < -0.3 is 34.8 Å². The summed E-state index contributed by atoms with van der Waals surface area (Å²) in [4.78, 5) is 0. The summed E-state index contributed by atoms with van der Waals surface area (Å²) < 4.78 is 7.45. The number of hydrogen-bond donors (Lipinski definition) is 5. The molecule has 0 amide bonds. The fourth-order valence-electron chi connectivity index (χ4n) is 4.18. The molecule has 1 saturated heterocycles. The third-order valence-corrected chi connectivity index (χ3v) is 6.16. The van der Waals surface area contributed by atoms with E-state index in [-0.39, 0.29) is 6.61 Å². The van der Waals surface area contributed by atoms with Crippen LogP contribution in [0.15, 0.2) is 48.7 Å². The molecule has 1 aromatic heterocycles. The molecule has 0 saturated carbocycles. The van der Waals surface area contributed by atoms with E-state index < -0.39 is 37.3 Å². The van der Waals surface area contributed by atoms with Gasteiger partial charge in [-0.05, 0) is 41.7 Å². The Morgan fingerprint density at radius 2 is 1.61 bits per heavy atom. The molecule has 0 radical (unpaired) electrons. The SMILES string of the molecule is OCCc1ccc(Cc2cn([C@@H]3O[C@H](CO)[C@@H](O)[C@H](O)[C@H]3O)c3cccc(Cl)c23)cc1. The van der Waals surface area contributed by atoms with Crippen molar-refractivity contribution in [2.45, 2.75) is 43.5 Å². The highest BCUT2D eigenvalue weighted by Gasteiger charge is 2.44. The Balaban J connectivity index is 1.73. The van der Waals surface area contributed by atoms with E-state index in [2.05, 4.69) is 0 Å². The van der Waals surface area contributed by atoms with E-state index in [1.807, 2.05) is 36.5 Å². The summed E-state index contributed by atoms with van der Waals surface area (Å²) in [5, 5.41) is 50.9. The van der Waals surface area contributed by atoms with Crippen molar-refractivity contribution in [2.75, 3.05) is 13.2 Å². The van der Waals surface area contributed by atoms with E-state index in [1.54, 1.807) is 16.7 Å². The van der Waals surface area contributed by atoms with Gasteiger partial charge in [0, 0.05) is 18.2 Å². The lowest BCUT2D eigenvalue weighted by molar-refractivity contribution is -0.250. The lowest BCUT2D eigenvalue weighted by atomic mass is 9.98. The molecule has 5 N–H and O–H groups in total. The number of aliphatic hydroxyl groups is 5. The Morgan fingerprint density at radius 3 is 2.29 bits per heavy atom. The van der Waals surface area contributed by atoms with Crippen LogP contribution < -0.4 is 0 Å². The molecule has 0 unspecified atom stereocenters. The number of nitrogens with zero attached hydrogens (tertiary/aromatic N) is 1. The topological polar surface area (TPSA) is 115 Å². The number of ether oxygens (including phenoxy) is 1. The maximum Gasteiger partial charge on any atom is 0.163 e. The van der Waals surface area contributed by atoms with Crippen molar-refractivity contribution >= 4 is 22.5 Å². The van der Waals surface area contributed by atoms with Crippen LogP contribution in [0.4, 0.5) is 0 Å². The molecule has 2 heterocycles. The second kappa shape index (κ2) is 9.26. The first kappa shape index (κ1) is 22.2. The van der Waals surface area contributed by atoms with Gasteiger partial charge in [0.2, 0.25) is 0 Å². The van der Waals surface area contributed by atoms with E-state index in [1.165, 1.54) is 0 Å². The van der Waals surface area contributed by atoms with Gasteiger partial charge >= 0.3 is 0 Å². The molecule has 31 heavy (non-hydrogen) atoms. The average Bonchev–Trinajstić information content (AvgIpc) is 3.13. The minimum Gasteiger partial charge on any atom is -0.396 e. The number of aliphatic hydroxyl groups excluding tert-OH is 5. The molecule has 3 aromatic rings. The maximum atomic E-state index is 10.6. The molecule has 4 rings (SSSR count). The number of halogens is 1. The first-order valence-electron chi connectivity index (χ1n) is 10.2. The summed E-state index contributed by atoms with van der Waals surface area (Å²) in [6.07, 6.45) is -3.27. The molecular weight excluding hydrogens is 422 g/mol. The van der Waals surface area contributed by atoms with E-state index in [0.717, 1.165) is 22.1 Å². The van der Waals surface area contributed by atoms with Crippen LogP contribution in [0.2, 0.25) is 5.02 Å². The van der Waals surface area contributed by atoms with Crippen LogP contribution in [0.3, 0.4) is 0 Å².